The molecule has 1 aliphatic heterocycles. The second-order valence-electron chi connectivity index (χ2n) is 20.1. The van der Waals surface area contributed by atoms with E-state index in [0.29, 0.717) is 64.5 Å². The lowest BCUT2D eigenvalue weighted by Crippen LogP contribution is -2.68. The van der Waals surface area contributed by atoms with E-state index in [0.717, 1.165) is 38.3 Å². The van der Waals surface area contributed by atoms with Crippen LogP contribution in [0.5, 0.6) is 0 Å². The number of esters is 1. The quantitative estimate of drug-likeness (QED) is 0.181. The van der Waals surface area contributed by atoms with Crippen molar-refractivity contribution in [2.24, 2.45) is 56.7 Å². The minimum atomic E-state index is -2.85. The molecule has 0 radical (unpaired) electrons. The molecule has 0 aromatic rings. The van der Waals surface area contributed by atoms with E-state index in [2.05, 4.69) is 64.4 Å². The average Bonchev–Trinajstić information content (AvgIpc) is 3.43. The molecule has 1 heterocycles. The summed E-state index contributed by atoms with van der Waals surface area (Å²) in [5.41, 5.74) is 3.85. The number of sulfone groups is 1. The van der Waals surface area contributed by atoms with Crippen LogP contribution < -0.4 is 5.32 Å². The first-order chi connectivity index (χ1) is 23.3. The summed E-state index contributed by atoms with van der Waals surface area (Å²) in [5, 5.41) is 4.22. The van der Waals surface area contributed by atoms with Crippen LogP contribution in [0.25, 0.3) is 0 Å². The highest BCUT2D eigenvalue weighted by Crippen LogP contribution is 2.76. The van der Waals surface area contributed by atoms with Crippen molar-refractivity contribution in [3.63, 3.8) is 0 Å². The van der Waals surface area contributed by atoms with E-state index in [1.165, 1.54) is 70.5 Å². The molecule has 0 spiro atoms. The molecule has 1 N–H and O–H groups in total. The van der Waals surface area contributed by atoms with Crippen molar-refractivity contribution in [1.29, 1.82) is 0 Å². The van der Waals surface area contributed by atoms with Crippen molar-refractivity contribution >= 4 is 15.8 Å². The van der Waals surface area contributed by atoms with Crippen molar-refractivity contribution in [3.8, 4) is 0 Å². The molecule has 0 aromatic heterocycles. The Morgan fingerprint density at radius 1 is 0.980 bits per heavy atom. The third-order valence-corrected chi connectivity index (χ3v) is 18.8. The molecular formula is C43H72N2O4S. The fourth-order valence-electron chi connectivity index (χ4n) is 14.1. The molecule has 5 fully saturated rings. The summed E-state index contributed by atoms with van der Waals surface area (Å²) in [6.07, 6.45) is 17.2. The highest BCUT2D eigenvalue weighted by molar-refractivity contribution is 7.91. The zero-order chi connectivity index (χ0) is 36.5. The summed E-state index contributed by atoms with van der Waals surface area (Å²) in [7, 11) is -1.35. The molecule has 6 rings (SSSR count). The summed E-state index contributed by atoms with van der Waals surface area (Å²) in [6, 6.07) is 0. The maximum absolute atomic E-state index is 12.4. The highest BCUT2D eigenvalue weighted by atomic mass is 32.2. The Morgan fingerprint density at radius 2 is 1.68 bits per heavy atom. The summed E-state index contributed by atoms with van der Waals surface area (Å²) in [4.78, 5) is 14.7. The van der Waals surface area contributed by atoms with Crippen molar-refractivity contribution in [3.05, 3.63) is 23.8 Å². The largest absolute Gasteiger partial charge is 0.469 e. The smallest absolute Gasteiger partial charge is 0.311 e. The van der Waals surface area contributed by atoms with Gasteiger partial charge in [-0.05, 0) is 149 Å². The molecule has 0 unspecified atom stereocenters. The van der Waals surface area contributed by atoms with Gasteiger partial charge in [0.05, 0.1) is 24.0 Å². The zero-order valence-electron chi connectivity index (χ0n) is 33.4. The Bertz CT molecular complexity index is 1450. The third-order valence-electron chi connectivity index (χ3n) is 17.1. The molecule has 1 saturated heterocycles. The second-order valence-corrected chi connectivity index (χ2v) is 22.4. The van der Waals surface area contributed by atoms with Gasteiger partial charge in [-0.3, -0.25) is 4.79 Å². The summed E-state index contributed by atoms with van der Waals surface area (Å²) >= 11 is 0. The number of carbonyl (C=O) groups excluding carboxylic acids is 1. The Morgan fingerprint density at radius 3 is 2.34 bits per heavy atom. The molecule has 6 aliphatic rings. The molecule has 0 bridgehead atoms. The van der Waals surface area contributed by atoms with Crippen LogP contribution >= 0.6 is 0 Å². The van der Waals surface area contributed by atoms with Crippen LogP contribution in [0.1, 0.15) is 132 Å². The van der Waals surface area contributed by atoms with Gasteiger partial charge in [0.25, 0.3) is 0 Å². The van der Waals surface area contributed by atoms with Gasteiger partial charge < -0.3 is 15.0 Å². The van der Waals surface area contributed by atoms with Gasteiger partial charge in [-0.15, -0.1) is 0 Å². The molecule has 50 heavy (non-hydrogen) atoms. The first-order valence-electron chi connectivity index (χ1n) is 20.4. The van der Waals surface area contributed by atoms with Gasteiger partial charge >= 0.3 is 5.97 Å². The van der Waals surface area contributed by atoms with Gasteiger partial charge in [0.15, 0.2) is 9.84 Å². The number of methoxy groups -OCH3 is 1. The number of carbonyl (C=O) groups is 1. The lowest BCUT2D eigenvalue weighted by atomic mass is 9.33. The summed E-state index contributed by atoms with van der Waals surface area (Å²) in [5.74, 6) is 3.85. The molecule has 5 aliphatic carbocycles. The zero-order valence-corrected chi connectivity index (χ0v) is 34.2. The van der Waals surface area contributed by atoms with Crippen LogP contribution in [0.4, 0.5) is 0 Å². The first kappa shape index (κ1) is 38.5. The van der Waals surface area contributed by atoms with E-state index >= 15 is 0 Å². The molecule has 7 heteroatoms. The maximum Gasteiger partial charge on any atom is 0.311 e. The Hall–Kier alpha value is -1.18. The molecule has 4 saturated carbocycles. The number of nitrogens with zero attached hydrogens (tertiary/aromatic N) is 1. The van der Waals surface area contributed by atoms with Crippen molar-refractivity contribution in [2.45, 2.75) is 138 Å². The molecule has 284 valence electrons. The van der Waals surface area contributed by atoms with Gasteiger partial charge in [0, 0.05) is 31.7 Å². The van der Waals surface area contributed by atoms with Gasteiger partial charge in [-0.25, -0.2) is 8.42 Å². The number of nitrogens with one attached hydrogen (secondary N) is 1. The van der Waals surface area contributed by atoms with Crippen LogP contribution in [0.2, 0.25) is 0 Å². The molecule has 6 nitrogen and oxygen atoms in total. The predicted octanol–water partition coefficient (Wildman–Crippen LogP) is 8.62. The minimum absolute atomic E-state index is 0.0995. The monoisotopic (exact) mass is 713 g/mol. The van der Waals surface area contributed by atoms with Crippen molar-refractivity contribution in [2.75, 3.05) is 44.8 Å². The fourth-order valence-corrected chi connectivity index (χ4v) is 15.4. The van der Waals surface area contributed by atoms with Crippen molar-refractivity contribution in [1.82, 2.24) is 10.2 Å². The number of fused-ring (bicyclic) bond motifs is 7. The number of ether oxygens (including phenoxy) is 1. The standard InChI is InChI=1S/C43H72N2O4S/c1-30(2)32-16-21-43(44-24-25-45-26-28-50(47,48)29-27-45)23-22-41(8)33(36(32)43)13-14-35-40(7)19-15-31(12-11-18-38(3,4)37(46)49-10)39(5,6)34(40)17-20-42(35,41)9/h15,32-36,44H,1,11-14,16-29H2,2-10H3/t32-,33+,34-,35+,36+,40-,41+,42+,43-/m0/s1. The summed E-state index contributed by atoms with van der Waals surface area (Å²) in [6.45, 7) is 27.4. The second kappa shape index (κ2) is 13.3. The van der Waals surface area contributed by atoms with E-state index in [1.54, 1.807) is 5.57 Å². The third kappa shape index (κ3) is 6.21. The van der Waals surface area contributed by atoms with Crippen LogP contribution in [-0.2, 0) is 19.4 Å². The molecule has 0 aromatic carbocycles. The van der Waals surface area contributed by atoms with Crippen LogP contribution in [0, 0.1) is 56.7 Å². The van der Waals surface area contributed by atoms with Crippen LogP contribution in [0.15, 0.2) is 23.8 Å². The Balaban J connectivity index is 1.20. The predicted molar refractivity (Wildman–Crippen MR) is 205 cm³/mol. The molecular weight excluding hydrogens is 641 g/mol. The van der Waals surface area contributed by atoms with Crippen LogP contribution in [0.3, 0.4) is 0 Å². The lowest BCUT2D eigenvalue weighted by Gasteiger charge is -2.72. The number of rotatable bonds is 10. The SMILES string of the molecule is C=C(C)[C@@H]1CC[C@]2(NCCN3CCS(=O)(=O)CC3)CC[C@]3(C)[C@H](CC[C@@H]4[C@@]5(C)CC=C(CCCC(C)(C)C(=O)OC)C(C)(C)[C@@H]5CC[C@]43C)[C@@H]12. The first-order valence-corrected chi connectivity index (χ1v) is 22.2. The van der Waals surface area contributed by atoms with E-state index in [-0.39, 0.29) is 16.9 Å². The number of allylic oxidation sites excluding steroid dienone is 3. The maximum atomic E-state index is 12.4. The van der Waals surface area contributed by atoms with Gasteiger partial charge in [-0.2, -0.15) is 0 Å². The van der Waals surface area contributed by atoms with Crippen LogP contribution in [-0.4, -0.2) is 69.6 Å². The molecule has 0 amide bonds. The normalized spacial score (nSPS) is 42.3. The van der Waals surface area contributed by atoms with Gasteiger partial charge in [-0.1, -0.05) is 58.4 Å². The van der Waals surface area contributed by atoms with Gasteiger partial charge in [0.1, 0.15) is 0 Å². The fraction of sp³-hybridized carbons (Fsp3) is 0.884. The Labute approximate surface area is 306 Å². The molecule has 9 atom stereocenters. The Kier molecular flexibility index (Phi) is 10.2. The van der Waals surface area contributed by atoms with E-state index in [1.807, 2.05) is 13.8 Å². The highest BCUT2D eigenvalue weighted by Gasteiger charge is 2.70. The van der Waals surface area contributed by atoms with E-state index < -0.39 is 15.3 Å². The van der Waals surface area contributed by atoms with E-state index in [4.69, 9.17) is 4.74 Å². The van der Waals surface area contributed by atoms with Crippen molar-refractivity contribution < 1.29 is 17.9 Å². The topological polar surface area (TPSA) is 75.7 Å². The minimum Gasteiger partial charge on any atom is -0.469 e. The van der Waals surface area contributed by atoms with Gasteiger partial charge in [0.2, 0.25) is 0 Å². The van der Waals surface area contributed by atoms with E-state index in [9.17, 15) is 13.2 Å². The summed E-state index contributed by atoms with van der Waals surface area (Å²) < 4.78 is 29.2. The lowest BCUT2D eigenvalue weighted by molar-refractivity contribution is -0.221. The average molecular weight is 713 g/mol. The number of hydrogen-bond acceptors (Lipinski definition) is 6. The number of hydrogen-bond donors (Lipinski definition) is 1.